The molecule has 1 fully saturated rings. The average molecular weight is 279 g/mol. The lowest BCUT2D eigenvalue weighted by molar-refractivity contribution is 0.129. The van der Waals surface area contributed by atoms with Gasteiger partial charge >= 0.3 is 0 Å². The van der Waals surface area contributed by atoms with E-state index in [0.717, 1.165) is 42.1 Å². The maximum Gasteiger partial charge on any atom is 0.200 e. The fourth-order valence-corrected chi connectivity index (χ4v) is 3.28. The Balaban J connectivity index is 1.74. The number of hydrogen-bond acceptors (Lipinski definition) is 5. The van der Waals surface area contributed by atoms with Crippen molar-refractivity contribution >= 4 is 11.8 Å². The minimum Gasteiger partial charge on any atom is -0.461 e. The van der Waals surface area contributed by atoms with E-state index in [1.54, 1.807) is 18.0 Å². The monoisotopic (exact) mass is 279 g/mol. The highest BCUT2D eigenvalue weighted by Crippen LogP contribution is 2.26. The van der Waals surface area contributed by atoms with Crippen molar-refractivity contribution in [3.8, 4) is 11.6 Å². The molecule has 1 aliphatic rings. The van der Waals surface area contributed by atoms with Crippen molar-refractivity contribution in [3.63, 3.8) is 0 Å². The first-order valence-electron chi connectivity index (χ1n) is 6.60. The molecule has 3 heterocycles. The van der Waals surface area contributed by atoms with Crippen LogP contribution in [0.1, 0.15) is 19.8 Å². The van der Waals surface area contributed by atoms with E-state index >= 15 is 0 Å². The molecule has 0 amide bonds. The first kappa shape index (κ1) is 12.7. The van der Waals surface area contributed by atoms with Crippen LogP contribution in [0, 0.1) is 0 Å². The maximum absolute atomic E-state index is 5.63. The molecule has 19 heavy (non-hydrogen) atoms. The molecule has 0 bridgehead atoms. The lowest BCUT2D eigenvalue weighted by Crippen LogP contribution is -2.09. The summed E-state index contributed by atoms with van der Waals surface area (Å²) in [6, 6.07) is 3.77. The zero-order valence-electron chi connectivity index (χ0n) is 10.9. The summed E-state index contributed by atoms with van der Waals surface area (Å²) in [5.41, 5.74) is 0. The third kappa shape index (κ3) is 2.69. The lowest BCUT2D eigenvalue weighted by atomic mass is 10.3. The SMILES string of the molecule is CCn1c(SCC2CCCO2)nnc1-c1ccco1. The van der Waals surface area contributed by atoms with E-state index < -0.39 is 0 Å². The zero-order valence-corrected chi connectivity index (χ0v) is 11.7. The smallest absolute Gasteiger partial charge is 0.200 e. The quantitative estimate of drug-likeness (QED) is 0.788. The van der Waals surface area contributed by atoms with E-state index in [4.69, 9.17) is 9.15 Å². The highest BCUT2D eigenvalue weighted by atomic mass is 32.2. The highest BCUT2D eigenvalue weighted by Gasteiger charge is 2.19. The molecule has 0 spiro atoms. The van der Waals surface area contributed by atoms with E-state index in [1.165, 1.54) is 6.42 Å². The molecule has 0 N–H and O–H groups in total. The predicted octanol–water partition coefficient (Wildman–Crippen LogP) is 2.83. The zero-order chi connectivity index (χ0) is 13.1. The fraction of sp³-hybridized carbons (Fsp3) is 0.538. The van der Waals surface area contributed by atoms with Crippen LogP contribution in [0.2, 0.25) is 0 Å². The van der Waals surface area contributed by atoms with E-state index in [0.29, 0.717) is 6.10 Å². The van der Waals surface area contributed by atoms with Crippen molar-refractivity contribution < 1.29 is 9.15 Å². The molecule has 0 aliphatic carbocycles. The standard InChI is InChI=1S/C13H17N3O2S/c1-2-16-12(11-6-4-8-18-11)14-15-13(16)19-9-10-5-3-7-17-10/h4,6,8,10H,2-3,5,7,9H2,1H3. The van der Waals surface area contributed by atoms with Gasteiger partial charge in [0.1, 0.15) is 0 Å². The Bertz CT molecular complexity index is 518. The van der Waals surface area contributed by atoms with Crippen molar-refractivity contribution in [1.82, 2.24) is 14.8 Å². The van der Waals surface area contributed by atoms with Gasteiger partial charge in [-0.2, -0.15) is 0 Å². The average Bonchev–Trinajstić information content (AvgIpc) is 3.16. The van der Waals surface area contributed by atoms with Gasteiger partial charge < -0.3 is 9.15 Å². The van der Waals surface area contributed by atoms with Crippen molar-refractivity contribution in [2.24, 2.45) is 0 Å². The van der Waals surface area contributed by atoms with Gasteiger partial charge in [-0.3, -0.25) is 4.57 Å². The van der Waals surface area contributed by atoms with Gasteiger partial charge in [-0.1, -0.05) is 11.8 Å². The van der Waals surface area contributed by atoms with E-state index in [-0.39, 0.29) is 0 Å². The van der Waals surface area contributed by atoms with E-state index in [9.17, 15) is 0 Å². The van der Waals surface area contributed by atoms with Crippen molar-refractivity contribution in [1.29, 1.82) is 0 Å². The Morgan fingerprint density at radius 3 is 3.11 bits per heavy atom. The van der Waals surface area contributed by atoms with Gasteiger partial charge in [0.05, 0.1) is 12.4 Å². The Morgan fingerprint density at radius 2 is 2.42 bits per heavy atom. The van der Waals surface area contributed by atoms with Crippen LogP contribution in [0.5, 0.6) is 0 Å². The summed E-state index contributed by atoms with van der Waals surface area (Å²) < 4.78 is 13.1. The molecule has 1 atom stereocenters. The number of furan rings is 1. The molecule has 2 aromatic heterocycles. The summed E-state index contributed by atoms with van der Waals surface area (Å²) >= 11 is 1.71. The predicted molar refractivity (Wildman–Crippen MR) is 73.1 cm³/mol. The Morgan fingerprint density at radius 1 is 1.47 bits per heavy atom. The number of hydrogen-bond donors (Lipinski definition) is 0. The van der Waals surface area contributed by atoms with Gasteiger partial charge in [0.25, 0.3) is 0 Å². The molecular weight excluding hydrogens is 262 g/mol. The molecule has 0 saturated carbocycles. The molecule has 0 aromatic carbocycles. The fourth-order valence-electron chi connectivity index (χ4n) is 2.21. The second kappa shape index (κ2) is 5.79. The molecule has 1 saturated heterocycles. The summed E-state index contributed by atoms with van der Waals surface area (Å²) in [7, 11) is 0. The molecular formula is C13H17N3O2S. The van der Waals surface area contributed by atoms with Crippen LogP contribution in [0.15, 0.2) is 28.0 Å². The van der Waals surface area contributed by atoms with Crippen molar-refractivity contribution in [2.75, 3.05) is 12.4 Å². The van der Waals surface area contributed by atoms with Gasteiger partial charge in [-0.05, 0) is 31.9 Å². The maximum atomic E-state index is 5.63. The van der Waals surface area contributed by atoms with Crippen LogP contribution in [0.25, 0.3) is 11.6 Å². The molecule has 102 valence electrons. The number of aromatic nitrogens is 3. The second-order valence-corrected chi connectivity index (χ2v) is 5.46. The van der Waals surface area contributed by atoms with Gasteiger partial charge in [-0.25, -0.2) is 0 Å². The van der Waals surface area contributed by atoms with Crippen molar-refractivity contribution in [3.05, 3.63) is 18.4 Å². The van der Waals surface area contributed by atoms with Gasteiger partial charge in [-0.15, -0.1) is 10.2 Å². The van der Waals surface area contributed by atoms with E-state index in [2.05, 4.69) is 21.7 Å². The minimum atomic E-state index is 0.360. The summed E-state index contributed by atoms with van der Waals surface area (Å²) in [4.78, 5) is 0. The Labute approximate surface area is 116 Å². The third-order valence-electron chi connectivity index (χ3n) is 3.20. The topological polar surface area (TPSA) is 53.1 Å². The van der Waals surface area contributed by atoms with E-state index in [1.807, 2.05) is 12.1 Å². The Hall–Kier alpha value is -1.27. The number of nitrogens with zero attached hydrogens (tertiary/aromatic N) is 3. The highest BCUT2D eigenvalue weighted by molar-refractivity contribution is 7.99. The van der Waals surface area contributed by atoms with Gasteiger partial charge in [0.2, 0.25) is 0 Å². The summed E-state index contributed by atoms with van der Waals surface area (Å²) in [5.74, 6) is 2.50. The molecule has 0 radical (unpaired) electrons. The normalized spacial score (nSPS) is 19.1. The van der Waals surface area contributed by atoms with Crippen LogP contribution in [0.4, 0.5) is 0 Å². The number of rotatable bonds is 5. The summed E-state index contributed by atoms with van der Waals surface area (Å²) in [6.07, 6.45) is 4.34. The summed E-state index contributed by atoms with van der Waals surface area (Å²) in [6.45, 7) is 3.81. The first-order chi connectivity index (χ1) is 9.38. The minimum absolute atomic E-state index is 0.360. The molecule has 6 heteroatoms. The van der Waals surface area contributed by atoms with Crippen LogP contribution in [0.3, 0.4) is 0 Å². The molecule has 3 rings (SSSR count). The molecule has 1 aliphatic heterocycles. The number of ether oxygens (including phenoxy) is 1. The lowest BCUT2D eigenvalue weighted by Gasteiger charge is -2.09. The van der Waals surface area contributed by atoms with Gasteiger partial charge in [0.15, 0.2) is 16.7 Å². The third-order valence-corrected chi connectivity index (χ3v) is 4.30. The molecule has 2 aromatic rings. The van der Waals surface area contributed by atoms with Gasteiger partial charge in [0, 0.05) is 18.9 Å². The van der Waals surface area contributed by atoms with Crippen molar-refractivity contribution in [2.45, 2.75) is 37.6 Å². The molecule has 5 nitrogen and oxygen atoms in total. The Kier molecular flexibility index (Phi) is 3.89. The van der Waals surface area contributed by atoms with Crippen LogP contribution in [-0.2, 0) is 11.3 Å². The number of thioether (sulfide) groups is 1. The largest absolute Gasteiger partial charge is 0.461 e. The first-order valence-corrected chi connectivity index (χ1v) is 7.58. The van der Waals surface area contributed by atoms with Crippen LogP contribution >= 0.6 is 11.8 Å². The van der Waals surface area contributed by atoms with Crippen LogP contribution in [-0.4, -0.2) is 33.2 Å². The van der Waals surface area contributed by atoms with Crippen LogP contribution < -0.4 is 0 Å². The second-order valence-electron chi connectivity index (χ2n) is 4.47. The molecule has 1 unspecified atom stereocenters. The summed E-state index contributed by atoms with van der Waals surface area (Å²) in [5, 5.41) is 9.43.